The van der Waals surface area contributed by atoms with Crippen LogP contribution in [0.1, 0.15) is 5.56 Å². The second-order valence-corrected chi connectivity index (χ2v) is 5.16. The number of ether oxygens (including phenoxy) is 1. The van der Waals surface area contributed by atoms with E-state index >= 15 is 0 Å². The van der Waals surface area contributed by atoms with Crippen molar-refractivity contribution in [3.8, 4) is 5.75 Å². The summed E-state index contributed by atoms with van der Waals surface area (Å²) < 4.78 is 5.38. The quantitative estimate of drug-likeness (QED) is 0.885. The fourth-order valence-electron chi connectivity index (χ4n) is 1.69. The maximum Gasteiger partial charge on any atom is 0.262 e. The number of carbonyl (C=O) groups excluding carboxylic acids is 1. The van der Waals surface area contributed by atoms with Crippen LogP contribution in [0, 0.1) is 0 Å². The number of hydrogen-bond acceptors (Lipinski definition) is 3. The van der Waals surface area contributed by atoms with Crippen LogP contribution in [-0.4, -0.2) is 12.5 Å². The van der Waals surface area contributed by atoms with Gasteiger partial charge in [0, 0.05) is 17.3 Å². The Balaban J connectivity index is 1.92. The Kier molecular flexibility index (Phi) is 5.44. The Labute approximate surface area is 132 Å². The van der Waals surface area contributed by atoms with Gasteiger partial charge in [-0.2, -0.15) is 0 Å². The molecule has 2 rings (SSSR count). The minimum atomic E-state index is -0.295. The number of hydrogen-bond donors (Lipinski definition) is 2. The smallest absolute Gasteiger partial charge is 0.262 e. The SMILES string of the molecule is NCc1ccc(OCC(=O)Nc2cccc(Cl)c2)c(Cl)c1. The molecule has 0 aliphatic heterocycles. The molecule has 0 aliphatic carbocycles. The van der Waals surface area contributed by atoms with E-state index in [-0.39, 0.29) is 12.5 Å². The lowest BCUT2D eigenvalue weighted by Gasteiger charge is -2.09. The molecular formula is C15H14Cl2N2O2. The topological polar surface area (TPSA) is 64.3 Å². The number of halogens is 2. The molecule has 0 atom stereocenters. The molecule has 21 heavy (non-hydrogen) atoms. The zero-order chi connectivity index (χ0) is 15.2. The summed E-state index contributed by atoms with van der Waals surface area (Å²) in [5, 5.41) is 3.66. The van der Waals surface area contributed by atoms with Gasteiger partial charge in [-0.1, -0.05) is 35.3 Å². The van der Waals surface area contributed by atoms with Crippen molar-refractivity contribution < 1.29 is 9.53 Å². The van der Waals surface area contributed by atoms with Gasteiger partial charge in [0.25, 0.3) is 5.91 Å². The van der Waals surface area contributed by atoms with Gasteiger partial charge in [-0.05, 0) is 35.9 Å². The van der Waals surface area contributed by atoms with Gasteiger partial charge in [0.2, 0.25) is 0 Å². The molecule has 2 aromatic carbocycles. The molecule has 0 aromatic heterocycles. The Morgan fingerprint density at radius 3 is 2.67 bits per heavy atom. The predicted molar refractivity (Wildman–Crippen MR) is 84.9 cm³/mol. The van der Waals surface area contributed by atoms with Crippen LogP contribution < -0.4 is 15.8 Å². The van der Waals surface area contributed by atoms with Crippen molar-refractivity contribution in [2.75, 3.05) is 11.9 Å². The van der Waals surface area contributed by atoms with Crippen molar-refractivity contribution in [1.82, 2.24) is 0 Å². The molecule has 0 spiro atoms. The summed E-state index contributed by atoms with van der Waals surface area (Å²) >= 11 is 11.9. The first-order chi connectivity index (χ1) is 10.1. The Morgan fingerprint density at radius 2 is 2.00 bits per heavy atom. The van der Waals surface area contributed by atoms with Gasteiger partial charge >= 0.3 is 0 Å². The van der Waals surface area contributed by atoms with E-state index in [1.807, 2.05) is 0 Å². The van der Waals surface area contributed by atoms with E-state index < -0.39 is 0 Å². The standard InChI is InChI=1S/C15H14Cl2N2O2/c16-11-2-1-3-12(7-11)19-15(20)9-21-14-5-4-10(8-18)6-13(14)17/h1-7H,8-9,18H2,(H,19,20). The molecular weight excluding hydrogens is 311 g/mol. The normalized spacial score (nSPS) is 10.2. The molecule has 1 amide bonds. The molecule has 4 nitrogen and oxygen atoms in total. The van der Waals surface area contributed by atoms with Gasteiger partial charge in [-0.25, -0.2) is 0 Å². The van der Waals surface area contributed by atoms with Crippen LogP contribution in [0.25, 0.3) is 0 Å². The predicted octanol–water partition coefficient (Wildman–Crippen LogP) is 3.47. The molecule has 0 heterocycles. The van der Waals surface area contributed by atoms with Gasteiger partial charge < -0.3 is 15.8 Å². The summed E-state index contributed by atoms with van der Waals surface area (Å²) in [5.74, 6) is 0.145. The molecule has 0 saturated carbocycles. The number of anilines is 1. The van der Waals surface area contributed by atoms with Crippen molar-refractivity contribution in [3.63, 3.8) is 0 Å². The van der Waals surface area contributed by atoms with Crippen LogP contribution in [0.5, 0.6) is 5.75 Å². The van der Waals surface area contributed by atoms with E-state index in [1.54, 1.807) is 42.5 Å². The van der Waals surface area contributed by atoms with Crippen molar-refractivity contribution in [2.45, 2.75) is 6.54 Å². The van der Waals surface area contributed by atoms with Gasteiger partial charge in [0.15, 0.2) is 6.61 Å². The fourth-order valence-corrected chi connectivity index (χ4v) is 2.14. The average molecular weight is 325 g/mol. The Morgan fingerprint density at radius 1 is 1.19 bits per heavy atom. The van der Waals surface area contributed by atoms with E-state index in [2.05, 4.69) is 5.32 Å². The summed E-state index contributed by atoms with van der Waals surface area (Å²) in [5.41, 5.74) is 7.03. The molecule has 0 unspecified atom stereocenters. The summed E-state index contributed by atoms with van der Waals surface area (Å²) in [6, 6.07) is 12.1. The van der Waals surface area contributed by atoms with Gasteiger partial charge in [-0.3, -0.25) is 4.79 Å². The van der Waals surface area contributed by atoms with Crippen molar-refractivity contribution in [2.24, 2.45) is 5.73 Å². The van der Waals surface area contributed by atoms with Crippen molar-refractivity contribution >= 4 is 34.8 Å². The lowest BCUT2D eigenvalue weighted by atomic mass is 10.2. The fraction of sp³-hybridized carbons (Fsp3) is 0.133. The third kappa shape index (κ3) is 4.63. The van der Waals surface area contributed by atoms with Crippen LogP contribution in [0.15, 0.2) is 42.5 Å². The molecule has 0 bridgehead atoms. The highest BCUT2D eigenvalue weighted by molar-refractivity contribution is 6.32. The first-order valence-electron chi connectivity index (χ1n) is 6.25. The molecule has 6 heteroatoms. The van der Waals surface area contributed by atoms with E-state index in [9.17, 15) is 4.79 Å². The number of carbonyl (C=O) groups is 1. The Bertz CT molecular complexity index is 647. The first kappa shape index (κ1) is 15.6. The number of amides is 1. The highest BCUT2D eigenvalue weighted by Gasteiger charge is 2.07. The molecule has 0 radical (unpaired) electrons. The highest BCUT2D eigenvalue weighted by atomic mass is 35.5. The monoisotopic (exact) mass is 324 g/mol. The zero-order valence-electron chi connectivity index (χ0n) is 11.1. The minimum absolute atomic E-state index is 0.145. The van der Waals surface area contributed by atoms with Crippen molar-refractivity contribution in [1.29, 1.82) is 0 Å². The number of nitrogens with one attached hydrogen (secondary N) is 1. The van der Waals surface area contributed by atoms with Crippen LogP contribution in [0.4, 0.5) is 5.69 Å². The van der Waals surface area contributed by atoms with Gasteiger partial charge in [0.1, 0.15) is 5.75 Å². The lowest BCUT2D eigenvalue weighted by molar-refractivity contribution is -0.118. The second kappa shape index (κ2) is 7.31. The second-order valence-electron chi connectivity index (χ2n) is 4.32. The largest absolute Gasteiger partial charge is 0.482 e. The van der Waals surface area contributed by atoms with E-state index in [0.29, 0.717) is 28.0 Å². The summed E-state index contributed by atoms with van der Waals surface area (Å²) in [6.45, 7) is 0.253. The third-order valence-corrected chi connectivity index (χ3v) is 3.23. The summed E-state index contributed by atoms with van der Waals surface area (Å²) in [4.78, 5) is 11.8. The molecule has 0 fully saturated rings. The minimum Gasteiger partial charge on any atom is -0.482 e. The van der Waals surface area contributed by atoms with Crippen LogP contribution in [0.2, 0.25) is 10.0 Å². The van der Waals surface area contributed by atoms with Crippen LogP contribution in [-0.2, 0) is 11.3 Å². The Hall–Kier alpha value is -1.75. The van der Waals surface area contributed by atoms with Gasteiger partial charge in [0.05, 0.1) is 5.02 Å². The van der Waals surface area contributed by atoms with Gasteiger partial charge in [-0.15, -0.1) is 0 Å². The maximum absolute atomic E-state index is 11.8. The number of benzene rings is 2. The maximum atomic E-state index is 11.8. The van der Waals surface area contributed by atoms with E-state index in [4.69, 9.17) is 33.7 Å². The first-order valence-corrected chi connectivity index (χ1v) is 7.01. The number of rotatable bonds is 5. The summed E-state index contributed by atoms with van der Waals surface area (Å²) in [7, 11) is 0. The van der Waals surface area contributed by atoms with E-state index in [1.165, 1.54) is 0 Å². The highest BCUT2D eigenvalue weighted by Crippen LogP contribution is 2.25. The molecule has 110 valence electrons. The van der Waals surface area contributed by atoms with Crippen molar-refractivity contribution in [3.05, 3.63) is 58.1 Å². The zero-order valence-corrected chi connectivity index (χ0v) is 12.6. The molecule has 3 N–H and O–H groups in total. The average Bonchev–Trinajstić information content (AvgIpc) is 2.46. The third-order valence-electron chi connectivity index (χ3n) is 2.70. The molecule has 2 aromatic rings. The summed E-state index contributed by atoms with van der Waals surface area (Å²) in [6.07, 6.45) is 0. The van der Waals surface area contributed by atoms with E-state index in [0.717, 1.165) is 5.56 Å². The van der Waals surface area contributed by atoms with Crippen LogP contribution >= 0.6 is 23.2 Å². The van der Waals surface area contributed by atoms with Crippen LogP contribution in [0.3, 0.4) is 0 Å². The number of nitrogens with two attached hydrogens (primary N) is 1. The molecule has 0 aliphatic rings. The lowest BCUT2D eigenvalue weighted by Crippen LogP contribution is -2.20. The molecule has 0 saturated heterocycles.